The van der Waals surface area contributed by atoms with E-state index in [0.29, 0.717) is 11.1 Å². The van der Waals surface area contributed by atoms with Crippen LogP contribution in [0.25, 0.3) is 11.0 Å². The summed E-state index contributed by atoms with van der Waals surface area (Å²) in [6.45, 7) is 2.00. The van der Waals surface area contributed by atoms with Gasteiger partial charge in [-0.25, -0.2) is 4.79 Å². The van der Waals surface area contributed by atoms with Gasteiger partial charge in [0, 0.05) is 30.2 Å². The van der Waals surface area contributed by atoms with Crippen molar-refractivity contribution in [3.8, 4) is 6.07 Å². The fraction of sp³-hybridized carbons (Fsp3) is 0.440. The van der Waals surface area contributed by atoms with Crippen LogP contribution < -0.4 is 5.69 Å². The lowest BCUT2D eigenvalue weighted by Gasteiger charge is -2.43. The highest BCUT2D eigenvalue weighted by Gasteiger charge is 2.39. The Labute approximate surface area is 187 Å². The maximum Gasteiger partial charge on any atom is 0.326 e. The van der Waals surface area contributed by atoms with Crippen molar-refractivity contribution in [3.05, 3.63) is 69.6 Å². The van der Waals surface area contributed by atoms with Gasteiger partial charge in [-0.2, -0.15) is 5.26 Å². The van der Waals surface area contributed by atoms with Gasteiger partial charge in [-0.3, -0.25) is 4.57 Å². The molecule has 6 heteroatoms. The summed E-state index contributed by atoms with van der Waals surface area (Å²) in [7, 11) is 0. The van der Waals surface area contributed by atoms with Crippen molar-refractivity contribution < 1.29 is 0 Å². The molecule has 5 rings (SSSR count). The molecule has 2 aliphatic rings. The third-order valence-electron chi connectivity index (χ3n) is 7.42. The number of nitriles is 1. The quantitative estimate of drug-likeness (QED) is 0.629. The highest BCUT2D eigenvalue weighted by molar-refractivity contribution is 6.30. The topological polar surface area (TPSA) is 64.8 Å². The van der Waals surface area contributed by atoms with Crippen LogP contribution in [0, 0.1) is 11.3 Å². The van der Waals surface area contributed by atoms with E-state index in [2.05, 4.69) is 16.0 Å². The molecule has 5 nitrogen and oxygen atoms in total. The van der Waals surface area contributed by atoms with Crippen LogP contribution in [0.4, 0.5) is 0 Å². The highest BCUT2D eigenvalue weighted by atomic mass is 35.5. The van der Waals surface area contributed by atoms with Gasteiger partial charge >= 0.3 is 5.69 Å². The van der Waals surface area contributed by atoms with Gasteiger partial charge in [-0.05, 0) is 68.4 Å². The molecule has 1 aliphatic carbocycles. The molecule has 160 valence electrons. The molecule has 1 aromatic heterocycles. The molecule has 3 aromatic rings. The number of piperidine rings is 1. The molecular weight excluding hydrogens is 408 g/mol. The number of fused-ring (bicyclic) bond motifs is 1. The molecule has 1 saturated carbocycles. The maximum absolute atomic E-state index is 12.5. The zero-order valence-electron chi connectivity index (χ0n) is 17.6. The number of hydrogen-bond donors (Lipinski definition) is 1. The fourth-order valence-electron chi connectivity index (χ4n) is 5.64. The van der Waals surface area contributed by atoms with Gasteiger partial charge in [0.25, 0.3) is 0 Å². The molecule has 2 aromatic carbocycles. The van der Waals surface area contributed by atoms with Crippen molar-refractivity contribution in [2.75, 3.05) is 13.1 Å². The summed E-state index contributed by atoms with van der Waals surface area (Å²) < 4.78 is 1.95. The zero-order chi connectivity index (χ0) is 21.4. The first-order valence-electron chi connectivity index (χ1n) is 11.2. The summed E-state index contributed by atoms with van der Waals surface area (Å²) in [4.78, 5) is 18.1. The molecule has 0 unspecified atom stereocenters. The minimum absolute atomic E-state index is 0.000848. The second kappa shape index (κ2) is 8.18. The lowest BCUT2D eigenvalue weighted by molar-refractivity contribution is 0.0970. The number of rotatable bonds is 3. The molecule has 0 atom stereocenters. The van der Waals surface area contributed by atoms with Crippen LogP contribution >= 0.6 is 11.6 Å². The van der Waals surface area contributed by atoms with Gasteiger partial charge in [-0.1, -0.05) is 35.9 Å². The Bertz CT molecular complexity index is 1160. The number of benzene rings is 2. The lowest BCUT2D eigenvalue weighted by Crippen LogP contribution is -2.46. The van der Waals surface area contributed by atoms with E-state index < -0.39 is 5.41 Å². The average molecular weight is 435 g/mol. The summed E-state index contributed by atoms with van der Waals surface area (Å²) >= 11 is 6.04. The van der Waals surface area contributed by atoms with Gasteiger partial charge in [0.1, 0.15) is 0 Å². The minimum Gasteiger partial charge on any atom is -0.306 e. The Kier molecular flexibility index (Phi) is 5.37. The number of hydrogen-bond acceptors (Lipinski definition) is 3. The van der Waals surface area contributed by atoms with Gasteiger partial charge in [0.15, 0.2) is 0 Å². The lowest BCUT2D eigenvalue weighted by atomic mass is 9.69. The average Bonchev–Trinajstić information content (AvgIpc) is 3.15. The molecule has 31 heavy (non-hydrogen) atoms. The predicted molar refractivity (Wildman–Crippen MR) is 123 cm³/mol. The van der Waals surface area contributed by atoms with Crippen molar-refractivity contribution in [2.24, 2.45) is 0 Å². The molecule has 0 amide bonds. The molecule has 1 saturated heterocycles. The number of nitrogens with zero attached hydrogens (tertiary/aromatic N) is 3. The van der Waals surface area contributed by atoms with Crippen molar-refractivity contribution in [3.63, 3.8) is 0 Å². The summed E-state index contributed by atoms with van der Waals surface area (Å²) in [5.41, 5.74) is 2.62. The molecule has 0 radical (unpaired) electrons. The third kappa shape index (κ3) is 3.69. The van der Waals surface area contributed by atoms with E-state index in [1.165, 1.54) is 0 Å². The number of aromatic nitrogens is 2. The Morgan fingerprint density at radius 2 is 1.65 bits per heavy atom. The Hall–Kier alpha value is -2.55. The molecule has 0 spiro atoms. The Morgan fingerprint density at radius 3 is 2.32 bits per heavy atom. The van der Waals surface area contributed by atoms with Crippen molar-refractivity contribution >= 4 is 22.6 Å². The zero-order valence-corrected chi connectivity index (χ0v) is 18.3. The standard InChI is InChI=1S/C25H27ClN4O/c26-19-7-5-18(6-8-19)25(17-27)13-9-20(10-14-25)29-15-11-21(12-16-29)30-23-4-2-1-3-22(23)28-24(30)31/h1-8,20-21H,9-16H2,(H,28,31). The normalized spacial score (nSPS) is 25.5. The summed E-state index contributed by atoms with van der Waals surface area (Å²) in [6.07, 6.45) is 5.81. The first-order valence-corrected chi connectivity index (χ1v) is 11.6. The predicted octanol–water partition coefficient (Wildman–Crippen LogP) is 5.02. The van der Waals surface area contributed by atoms with Crippen LogP contribution in [-0.4, -0.2) is 33.6 Å². The minimum atomic E-state index is -0.392. The first kappa shape index (κ1) is 20.4. The smallest absolute Gasteiger partial charge is 0.306 e. The highest BCUT2D eigenvalue weighted by Crippen LogP contribution is 2.41. The van der Waals surface area contributed by atoms with E-state index >= 15 is 0 Å². The van der Waals surface area contributed by atoms with Gasteiger partial charge < -0.3 is 9.88 Å². The molecular formula is C25H27ClN4O. The molecule has 1 aliphatic heterocycles. The summed E-state index contributed by atoms with van der Waals surface area (Å²) in [5, 5.41) is 10.7. The van der Waals surface area contributed by atoms with E-state index in [0.717, 1.165) is 68.2 Å². The molecule has 0 bridgehead atoms. The number of nitrogens with one attached hydrogen (secondary N) is 1. The van der Waals surface area contributed by atoms with Crippen LogP contribution in [0.15, 0.2) is 53.3 Å². The monoisotopic (exact) mass is 434 g/mol. The second-order valence-electron chi connectivity index (χ2n) is 9.02. The van der Waals surface area contributed by atoms with Crippen LogP contribution in [0.3, 0.4) is 0 Å². The van der Waals surface area contributed by atoms with Crippen LogP contribution in [-0.2, 0) is 5.41 Å². The second-order valence-corrected chi connectivity index (χ2v) is 9.45. The van der Waals surface area contributed by atoms with Gasteiger partial charge in [-0.15, -0.1) is 0 Å². The Balaban J connectivity index is 1.24. The van der Waals surface area contributed by atoms with Crippen molar-refractivity contribution in [2.45, 2.75) is 56.0 Å². The third-order valence-corrected chi connectivity index (χ3v) is 7.68. The van der Waals surface area contributed by atoms with E-state index in [-0.39, 0.29) is 11.7 Å². The number of imidazole rings is 1. The molecule has 2 heterocycles. The first-order chi connectivity index (χ1) is 15.1. The number of halogens is 1. The van der Waals surface area contributed by atoms with Gasteiger partial charge in [0.2, 0.25) is 0 Å². The van der Waals surface area contributed by atoms with Crippen molar-refractivity contribution in [1.82, 2.24) is 14.5 Å². The van der Waals surface area contributed by atoms with E-state index in [9.17, 15) is 10.1 Å². The largest absolute Gasteiger partial charge is 0.326 e. The number of para-hydroxylation sites is 2. The number of aromatic amines is 1. The number of likely N-dealkylation sites (tertiary alicyclic amines) is 1. The summed E-state index contributed by atoms with van der Waals surface area (Å²) in [6, 6.07) is 19.1. The van der Waals surface area contributed by atoms with E-state index in [1.807, 2.05) is 53.1 Å². The SMILES string of the molecule is N#CC1(c2ccc(Cl)cc2)CCC(N2CCC(n3c(=O)[nH]c4ccccc43)CC2)CC1. The van der Waals surface area contributed by atoms with Crippen LogP contribution in [0.5, 0.6) is 0 Å². The molecule has 1 N–H and O–H groups in total. The maximum atomic E-state index is 12.5. The van der Waals surface area contributed by atoms with Crippen molar-refractivity contribution in [1.29, 1.82) is 5.26 Å². The Morgan fingerprint density at radius 1 is 0.968 bits per heavy atom. The van der Waals surface area contributed by atoms with E-state index in [4.69, 9.17) is 11.6 Å². The number of H-pyrrole nitrogens is 1. The van der Waals surface area contributed by atoms with Gasteiger partial charge in [0.05, 0.1) is 22.5 Å². The molecule has 2 fully saturated rings. The van der Waals surface area contributed by atoms with Crippen LogP contribution in [0.2, 0.25) is 5.02 Å². The van der Waals surface area contributed by atoms with Crippen LogP contribution in [0.1, 0.15) is 50.1 Å². The fourth-order valence-corrected chi connectivity index (χ4v) is 5.77. The summed E-state index contributed by atoms with van der Waals surface area (Å²) in [5.74, 6) is 0. The van der Waals surface area contributed by atoms with E-state index in [1.54, 1.807) is 0 Å².